The number of benzene rings is 1. The van der Waals surface area contributed by atoms with Crippen molar-refractivity contribution in [2.75, 3.05) is 21.3 Å². The lowest BCUT2D eigenvalue weighted by molar-refractivity contribution is 0.354. The first kappa shape index (κ1) is 15.4. The third-order valence-electron chi connectivity index (χ3n) is 3.50. The molecule has 1 atom stereocenters. The summed E-state index contributed by atoms with van der Waals surface area (Å²) in [6, 6.07) is 5.97. The molecule has 1 aromatic carbocycles. The van der Waals surface area contributed by atoms with Crippen molar-refractivity contribution < 1.29 is 9.47 Å². The number of aryl methyl sites for hydroxylation is 1. The Morgan fingerprint density at radius 2 is 2.00 bits per heavy atom. The van der Waals surface area contributed by atoms with Gasteiger partial charge in [0.1, 0.15) is 5.82 Å². The minimum absolute atomic E-state index is 0.0198. The standard InChI is InChI=1S/C16H23N3O2/c1-5-9-19-10-8-18-16(19)15(17-2)12-6-7-13(20-3)14(11-12)21-4/h6-8,10-11,15,17H,5,9H2,1-4H3. The van der Waals surface area contributed by atoms with Crippen molar-refractivity contribution >= 4 is 0 Å². The fraction of sp³-hybridized carbons (Fsp3) is 0.438. The maximum atomic E-state index is 5.39. The molecule has 0 aliphatic rings. The lowest BCUT2D eigenvalue weighted by Gasteiger charge is -2.19. The van der Waals surface area contributed by atoms with Crippen LogP contribution < -0.4 is 14.8 Å². The van der Waals surface area contributed by atoms with Crippen LogP contribution in [0.1, 0.15) is 30.8 Å². The molecule has 0 radical (unpaired) electrons. The number of nitrogens with zero attached hydrogens (tertiary/aromatic N) is 2. The maximum Gasteiger partial charge on any atom is 0.161 e. The van der Waals surface area contributed by atoms with Gasteiger partial charge in [-0.05, 0) is 31.2 Å². The zero-order valence-electron chi connectivity index (χ0n) is 13.1. The molecule has 2 rings (SSSR count). The molecule has 21 heavy (non-hydrogen) atoms. The van der Waals surface area contributed by atoms with E-state index in [1.165, 1.54) is 0 Å². The molecule has 1 N–H and O–H groups in total. The lowest BCUT2D eigenvalue weighted by atomic mass is 10.1. The molecule has 0 saturated heterocycles. The van der Waals surface area contributed by atoms with E-state index in [4.69, 9.17) is 9.47 Å². The number of aromatic nitrogens is 2. The van der Waals surface area contributed by atoms with Gasteiger partial charge in [-0.15, -0.1) is 0 Å². The van der Waals surface area contributed by atoms with Crippen LogP contribution in [0.15, 0.2) is 30.6 Å². The first-order valence-corrected chi connectivity index (χ1v) is 7.15. The van der Waals surface area contributed by atoms with Crippen LogP contribution in [0, 0.1) is 0 Å². The van der Waals surface area contributed by atoms with Gasteiger partial charge in [-0.3, -0.25) is 0 Å². The molecule has 114 valence electrons. The van der Waals surface area contributed by atoms with Gasteiger partial charge in [0, 0.05) is 18.9 Å². The van der Waals surface area contributed by atoms with Crippen LogP contribution in [-0.2, 0) is 6.54 Å². The van der Waals surface area contributed by atoms with Gasteiger partial charge in [0.25, 0.3) is 0 Å². The van der Waals surface area contributed by atoms with Gasteiger partial charge >= 0.3 is 0 Å². The van der Waals surface area contributed by atoms with E-state index in [2.05, 4.69) is 21.8 Å². The summed E-state index contributed by atoms with van der Waals surface area (Å²) >= 11 is 0. The molecule has 0 saturated carbocycles. The molecule has 0 spiro atoms. The molecule has 5 heteroatoms. The van der Waals surface area contributed by atoms with Gasteiger partial charge in [0.2, 0.25) is 0 Å². The van der Waals surface area contributed by atoms with Gasteiger partial charge in [-0.25, -0.2) is 4.98 Å². The van der Waals surface area contributed by atoms with E-state index < -0.39 is 0 Å². The second-order valence-electron chi connectivity index (χ2n) is 4.81. The van der Waals surface area contributed by atoms with Crippen LogP contribution in [0.25, 0.3) is 0 Å². The first-order valence-electron chi connectivity index (χ1n) is 7.15. The average Bonchev–Trinajstić information content (AvgIpc) is 2.96. The minimum atomic E-state index is 0.0198. The summed E-state index contributed by atoms with van der Waals surface area (Å²) in [5, 5.41) is 3.33. The van der Waals surface area contributed by atoms with E-state index in [0.29, 0.717) is 0 Å². The molecule has 5 nitrogen and oxygen atoms in total. The van der Waals surface area contributed by atoms with Gasteiger partial charge in [0.05, 0.1) is 20.3 Å². The Morgan fingerprint density at radius 1 is 1.24 bits per heavy atom. The molecule has 1 unspecified atom stereocenters. The normalized spacial score (nSPS) is 12.2. The second-order valence-corrected chi connectivity index (χ2v) is 4.81. The van der Waals surface area contributed by atoms with Crippen molar-refractivity contribution in [1.29, 1.82) is 0 Å². The fourth-order valence-electron chi connectivity index (χ4n) is 2.49. The Labute approximate surface area is 125 Å². The average molecular weight is 289 g/mol. The van der Waals surface area contributed by atoms with Crippen LogP contribution in [-0.4, -0.2) is 30.8 Å². The second kappa shape index (κ2) is 7.13. The lowest BCUT2D eigenvalue weighted by Crippen LogP contribution is -2.22. The largest absolute Gasteiger partial charge is 0.493 e. The van der Waals surface area contributed by atoms with Gasteiger partial charge in [-0.1, -0.05) is 13.0 Å². The molecule has 0 aliphatic heterocycles. The SMILES string of the molecule is CCCn1ccnc1C(NC)c1ccc(OC)c(OC)c1. The van der Waals surface area contributed by atoms with Crippen molar-refractivity contribution in [3.63, 3.8) is 0 Å². The van der Waals surface area contributed by atoms with E-state index >= 15 is 0 Å². The predicted octanol–water partition coefficient (Wildman–Crippen LogP) is 2.62. The van der Waals surface area contributed by atoms with Crippen molar-refractivity contribution in [3.05, 3.63) is 42.0 Å². The molecule has 2 aromatic rings. The minimum Gasteiger partial charge on any atom is -0.493 e. The summed E-state index contributed by atoms with van der Waals surface area (Å²) < 4.78 is 12.9. The number of hydrogen-bond acceptors (Lipinski definition) is 4. The van der Waals surface area contributed by atoms with E-state index in [0.717, 1.165) is 35.9 Å². The van der Waals surface area contributed by atoms with Crippen molar-refractivity contribution in [3.8, 4) is 11.5 Å². The Bertz CT molecular complexity index is 581. The summed E-state index contributed by atoms with van der Waals surface area (Å²) in [6.45, 7) is 3.12. The van der Waals surface area contributed by atoms with Gasteiger partial charge < -0.3 is 19.4 Å². The highest BCUT2D eigenvalue weighted by Gasteiger charge is 2.19. The number of hydrogen-bond donors (Lipinski definition) is 1. The first-order chi connectivity index (χ1) is 10.2. The Morgan fingerprint density at radius 3 is 2.62 bits per heavy atom. The number of nitrogens with one attached hydrogen (secondary N) is 1. The van der Waals surface area contributed by atoms with Crippen LogP contribution in [0.5, 0.6) is 11.5 Å². The quantitative estimate of drug-likeness (QED) is 0.851. The highest BCUT2D eigenvalue weighted by molar-refractivity contribution is 5.44. The number of methoxy groups -OCH3 is 2. The van der Waals surface area contributed by atoms with Crippen molar-refractivity contribution in [2.45, 2.75) is 25.9 Å². The zero-order valence-corrected chi connectivity index (χ0v) is 13.1. The third-order valence-corrected chi connectivity index (χ3v) is 3.50. The van der Waals surface area contributed by atoms with E-state index in [9.17, 15) is 0 Å². The molecular weight excluding hydrogens is 266 g/mol. The smallest absolute Gasteiger partial charge is 0.161 e. The topological polar surface area (TPSA) is 48.3 Å². The number of ether oxygens (including phenoxy) is 2. The number of rotatable bonds is 7. The van der Waals surface area contributed by atoms with Gasteiger partial charge in [-0.2, -0.15) is 0 Å². The monoisotopic (exact) mass is 289 g/mol. The van der Waals surface area contributed by atoms with Crippen LogP contribution in [0.4, 0.5) is 0 Å². The Kier molecular flexibility index (Phi) is 5.22. The maximum absolute atomic E-state index is 5.39. The zero-order chi connectivity index (χ0) is 15.2. The van der Waals surface area contributed by atoms with Crippen LogP contribution >= 0.6 is 0 Å². The summed E-state index contributed by atoms with van der Waals surface area (Å²) in [6.07, 6.45) is 4.94. The summed E-state index contributed by atoms with van der Waals surface area (Å²) in [4.78, 5) is 4.51. The molecule has 0 aliphatic carbocycles. The molecule has 0 bridgehead atoms. The molecule has 0 amide bonds. The Balaban J connectivity index is 2.39. The molecule has 1 heterocycles. The fourth-order valence-corrected chi connectivity index (χ4v) is 2.49. The summed E-state index contributed by atoms with van der Waals surface area (Å²) in [5.41, 5.74) is 1.10. The summed E-state index contributed by atoms with van der Waals surface area (Å²) in [5.74, 6) is 2.46. The molecule has 1 aromatic heterocycles. The number of imidazole rings is 1. The Hall–Kier alpha value is -2.01. The third kappa shape index (κ3) is 3.19. The molecular formula is C16H23N3O2. The molecule has 0 fully saturated rings. The highest BCUT2D eigenvalue weighted by Crippen LogP contribution is 2.31. The van der Waals surface area contributed by atoms with E-state index in [1.54, 1.807) is 14.2 Å². The van der Waals surface area contributed by atoms with E-state index in [-0.39, 0.29) is 6.04 Å². The predicted molar refractivity (Wildman–Crippen MR) is 83.0 cm³/mol. The van der Waals surface area contributed by atoms with Crippen molar-refractivity contribution in [1.82, 2.24) is 14.9 Å². The van der Waals surface area contributed by atoms with Crippen LogP contribution in [0.3, 0.4) is 0 Å². The van der Waals surface area contributed by atoms with Crippen LogP contribution in [0.2, 0.25) is 0 Å². The van der Waals surface area contributed by atoms with Gasteiger partial charge in [0.15, 0.2) is 11.5 Å². The van der Waals surface area contributed by atoms with Crippen molar-refractivity contribution in [2.24, 2.45) is 0 Å². The summed E-state index contributed by atoms with van der Waals surface area (Å²) in [7, 11) is 5.22. The highest BCUT2D eigenvalue weighted by atomic mass is 16.5. The van der Waals surface area contributed by atoms with E-state index in [1.807, 2.05) is 37.6 Å².